The zero-order chi connectivity index (χ0) is 9.14. The molecule has 0 heterocycles. The lowest BCUT2D eigenvalue weighted by atomic mass is 10.0. The Morgan fingerprint density at radius 2 is 2.08 bits per heavy atom. The van der Waals surface area contributed by atoms with Crippen molar-refractivity contribution in [1.29, 1.82) is 0 Å². The Bertz CT molecular complexity index is 273. The molecule has 0 fully saturated rings. The predicted molar refractivity (Wildman–Crippen MR) is 53.9 cm³/mol. The van der Waals surface area contributed by atoms with Gasteiger partial charge in [0.05, 0.1) is 0 Å². The van der Waals surface area contributed by atoms with E-state index in [0.29, 0.717) is 16.6 Å². The van der Waals surface area contributed by atoms with Gasteiger partial charge in [-0.25, -0.2) is 0 Å². The van der Waals surface area contributed by atoms with Crippen LogP contribution in [-0.2, 0) is 0 Å². The minimum absolute atomic E-state index is 0.287. The highest BCUT2D eigenvalue weighted by Gasteiger charge is 2.07. The van der Waals surface area contributed by atoms with E-state index < -0.39 is 0 Å². The molecule has 0 aliphatic heterocycles. The summed E-state index contributed by atoms with van der Waals surface area (Å²) in [4.78, 5) is 0. The molecule has 0 saturated carbocycles. The molecule has 0 saturated heterocycles. The Labute approximate surface area is 82.5 Å². The van der Waals surface area contributed by atoms with Crippen LogP contribution in [0, 0.1) is 0 Å². The van der Waals surface area contributed by atoms with Gasteiger partial charge >= 0.3 is 0 Å². The molecule has 1 rings (SSSR count). The molecule has 2 N–H and O–H groups in total. The molecule has 0 aliphatic carbocycles. The largest absolute Gasteiger partial charge is 0.330 e. The van der Waals surface area contributed by atoms with Crippen LogP contribution in [0.4, 0.5) is 0 Å². The standard InChI is InChI=1S/C9H11Cl2N/c1-6(5-12)8-3-2-7(10)4-9(8)11/h2-4,6H,5,12H2,1H3/t6-/m0/s1. The second-order valence-corrected chi connectivity index (χ2v) is 3.65. The van der Waals surface area contributed by atoms with Crippen LogP contribution in [0.3, 0.4) is 0 Å². The van der Waals surface area contributed by atoms with Gasteiger partial charge in [0.2, 0.25) is 0 Å². The maximum atomic E-state index is 5.96. The normalized spacial score (nSPS) is 13.0. The molecular formula is C9H11Cl2N. The number of nitrogens with two attached hydrogens (primary N) is 1. The summed E-state index contributed by atoms with van der Waals surface area (Å²) in [5, 5.41) is 1.36. The fourth-order valence-corrected chi connectivity index (χ4v) is 1.62. The molecule has 0 radical (unpaired) electrons. The van der Waals surface area contributed by atoms with Crippen LogP contribution in [0.5, 0.6) is 0 Å². The van der Waals surface area contributed by atoms with Crippen LogP contribution in [-0.4, -0.2) is 6.54 Å². The van der Waals surface area contributed by atoms with Crippen LogP contribution in [0.2, 0.25) is 10.0 Å². The molecule has 0 amide bonds. The molecule has 1 nitrogen and oxygen atoms in total. The first-order valence-electron chi connectivity index (χ1n) is 3.80. The molecule has 0 aromatic heterocycles. The molecule has 3 heteroatoms. The van der Waals surface area contributed by atoms with Gasteiger partial charge in [0.25, 0.3) is 0 Å². The number of halogens is 2. The van der Waals surface area contributed by atoms with Crippen molar-refractivity contribution in [3.05, 3.63) is 33.8 Å². The minimum Gasteiger partial charge on any atom is -0.330 e. The van der Waals surface area contributed by atoms with Gasteiger partial charge in [-0.15, -0.1) is 0 Å². The van der Waals surface area contributed by atoms with Gasteiger partial charge < -0.3 is 5.73 Å². The summed E-state index contributed by atoms with van der Waals surface area (Å²) >= 11 is 11.7. The first-order chi connectivity index (χ1) is 5.65. The van der Waals surface area contributed by atoms with Gasteiger partial charge in [-0.2, -0.15) is 0 Å². The third kappa shape index (κ3) is 2.13. The van der Waals surface area contributed by atoms with E-state index in [0.717, 1.165) is 5.56 Å². The van der Waals surface area contributed by atoms with Crippen molar-refractivity contribution in [3.8, 4) is 0 Å². The molecule has 0 bridgehead atoms. The van der Waals surface area contributed by atoms with Gasteiger partial charge in [0.15, 0.2) is 0 Å². The van der Waals surface area contributed by atoms with Crippen molar-refractivity contribution in [2.24, 2.45) is 5.73 Å². The molecular weight excluding hydrogens is 193 g/mol. The van der Waals surface area contributed by atoms with Crippen LogP contribution < -0.4 is 5.73 Å². The van der Waals surface area contributed by atoms with E-state index in [2.05, 4.69) is 0 Å². The van der Waals surface area contributed by atoms with E-state index >= 15 is 0 Å². The fourth-order valence-electron chi connectivity index (χ4n) is 1.03. The molecule has 12 heavy (non-hydrogen) atoms. The third-order valence-corrected chi connectivity index (χ3v) is 2.41. The van der Waals surface area contributed by atoms with Crippen molar-refractivity contribution >= 4 is 23.2 Å². The van der Waals surface area contributed by atoms with Gasteiger partial charge in [-0.1, -0.05) is 36.2 Å². The summed E-state index contributed by atoms with van der Waals surface area (Å²) in [5.74, 6) is 0.287. The quantitative estimate of drug-likeness (QED) is 0.787. The van der Waals surface area contributed by atoms with Gasteiger partial charge in [-0.05, 0) is 30.2 Å². The van der Waals surface area contributed by atoms with Crippen LogP contribution in [0.15, 0.2) is 18.2 Å². The molecule has 0 spiro atoms. The van der Waals surface area contributed by atoms with Crippen molar-refractivity contribution in [1.82, 2.24) is 0 Å². The smallest absolute Gasteiger partial charge is 0.0456 e. The topological polar surface area (TPSA) is 26.0 Å². The van der Waals surface area contributed by atoms with E-state index in [1.54, 1.807) is 6.07 Å². The predicted octanol–water partition coefficient (Wildman–Crippen LogP) is 3.06. The molecule has 1 aromatic rings. The second-order valence-electron chi connectivity index (χ2n) is 2.80. The van der Waals surface area contributed by atoms with E-state index in [9.17, 15) is 0 Å². The average Bonchev–Trinajstić information content (AvgIpc) is 2.03. The Balaban J connectivity index is 3.01. The Hall–Kier alpha value is -0.240. The number of benzene rings is 1. The highest BCUT2D eigenvalue weighted by molar-refractivity contribution is 6.35. The summed E-state index contributed by atoms with van der Waals surface area (Å²) in [6.45, 7) is 2.64. The highest BCUT2D eigenvalue weighted by Crippen LogP contribution is 2.26. The summed E-state index contributed by atoms with van der Waals surface area (Å²) in [6.07, 6.45) is 0. The monoisotopic (exact) mass is 203 g/mol. The number of hydrogen-bond donors (Lipinski definition) is 1. The summed E-state index contributed by atoms with van der Waals surface area (Å²) in [7, 11) is 0. The van der Waals surface area contributed by atoms with Gasteiger partial charge in [-0.3, -0.25) is 0 Å². The Kier molecular flexibility index (Phi) is 3.39. The Morgan fingerprint density at radius 1 is 1.42 bits per heavy atom. The van der Waals surface area contributed by atoms with Crippen LogP contribution in [0.1, 0.15) is 18.4 Å². The fraction of sp³-hybridized carbons (Fsp3) is 0.333. The molecule has 1 atom stereocenters. The first-order valence-corrected chi connectivity index (χ1v) is 4.55. The average molecular weight is 204 g/mol. The summed E-state index contributed by atoms with van der Waals surface area (Å²) in [5.41, 5.74) is 6.58. The molecule has 0 unspecified atom stereocenters. The minimum atomic E-state index is 0.287. The zero-order valence-corrected chi connectivity index (χ0v) is 8.36. The van der Waals surface area contributed by atoms with E-state index in [1.165, 1.54) is 0 Å². The number of hydrogen-bond acceptors (Lipinski definition) is 1. The second kappa shape index (κ2) is 4.13. The van der Waals surface area contributed by atoms with Crippen molar-refractivity contribution in [3.63, 3.8) is 0 Å². The Morgan fingerprint density at radius 3 is 2.58 bits per heavy atom. The molecule has 66 valence electrons. The number of rotatable bonds is 2. The zero-order valence-electron chi connectivity index (χ0n) is 6.85. The molecule has 0 aliphatic rings. The summed E-state index contributed by atoms with van der Waals surface area (Å²) < 4.78 is 0. The van der Waals surface area contributed by atoms with E-state index in [4.69, 9.17) is 28.9 Å². The van der Waals surface area contributed by atoms with Gasteiger partial charge in [0.1, 0.15) is 0 Å². The lowest BCUT2D eigenvalue weighted by Crippen LogP contribution is -2.09. The SMILES string of the molecule is C[C@@H](CN)c1ccc(Cl)cc1Cl. The van der Waals surface area contributed by atoms with Gasteiger partial charge in [0, 0.05) is 10.0 Å². The lowest BCUT2D eigenvalue weighted by Gasteiger charge is -2.10. The van der Waals surface area contributed by atoms with Crippen molar-refractivity contribution in [2.75, 3.05) is 6.54 Å². The van der Waals surface area contributed by atoms with E-state index in [-0.39, 0.29) is 5.92 Å². The van der Waals surface area contributed by atoms with Crippen LogP contribution in [0.25, 0.3) is 0 Å². The lowest BCUT2D eigenvalue weighted by molar-refractivity contribution is 0.774. The first kappa shape index (κ1) is 9.85. The van der Waals surface area contributed by atoms with Crippen LogP contribution >= 0.6 is 23.2 Å². The highest BCUT2D eigenvalue weighted by atomic mass is 35.5. The van der Waals surface area contributed by atoms with Crippen molar-refractivity contribution in [2.45, 2.75) is 12.8 Å². The van der Waals surface area contributed by atoms with Crippen molar-refractivity contribution < 1.29 is 0 Å². The molecule has 1 aromatic carbocycles. The third-order valence-electron chi connectivity index (χ3n) is 1.85. The van der Waals surface area contributed by atoms with E-state index in [1.807, 2.05) is 19.1 Å². The maximum Gasteiger partial charge on any atom is 0.0456 e. The maximum absolute atomic E-state index is 5.96. The summed E-state index contributed by atoms with van der Waals surface area (Å²) in [6, 6.07) is 5.49.